The maximum Gasteiger partial charge on any atom is 0.225 e. The zero-order valence-corrected chi connectivity index (χ0v) is 19.8. The molecule has 0 bridgehead atoms. The van der Waals surface area contributed by atoms with Gasteiger partial charge in [-0.2, -0.15) is 4.98 Å². The van der Waals surface area contributed by atoms with Gasteiger partial charge in [-0.05, 0) is 68.5 Å². The van der Waals surface area contributed by atoms with Gasteiger partial charge < -0.3 is 15.5 Å². The summed E-state index contributed by atoms with van der Waals surface area (Å²) in [6, 6.07) is 13.0. The first-order valence-corrected chi connectivity index (χ1v) is 12.5. The molecule has 2 N–H and O–H groups in total. The molecular weight excluding hydrogens is 418 g/mol. The Kier molecular flexibility index (Phi) is 7.58. The first-order valence-electron chi connectivity index (χ1n) is 11.6. The molecule has 0 radical (unpaired) electrons. The molecule has 1 fully saturated rings. The van der Waals surface area contributed by atoms with Crippen LogP contribution in [0.15, 0.2) is 41.8 Å². The second-order valence-electron chi connectivity index (χ2n) is 8.83. The van der Waals surface area contributed by atoms with Crippen molar-refractivity contribution in [2.24, 2.45) is 0 Å². The van der Waals surface area contributed by atoms with E-state index in [1.807, 2.05) is 37.2 Å². The highest BCUT2D eigenvalue weighted by Crippen LogP contribution is 2.26. The zero-order valence-electron chi connectivity index (χ0n) is 19.0. The Balaban J connectivity index is 1.22. The lowest BCUT2D eigenvalue weighted by Crippen LogP contribution is -2.40. The van der Waals surface area contributed by atoms with E-state index < -0.39 is 0 Å². The summed E-state index contributed by atoms with van der Waals surface area (Å²) in [5.41, 5.74) is 0.953. The number of para-hydroxylation sites is 1. The van der Waals surface area contributed by atoms with Gasteiger partial charge in [-0.15, -0.1) is 11.3 Å². The molecule has 0 atom stereocenters. The van der Waals surface area contributed by atoms with Crippen LogP contribution in [0.3, 0.4) is 0 Å². The summed E-state index contributed by atoms with van der Waals surface area (Å²) < 4.78 is 0. The van der Waals surface area contributed by atoms with Crippen LogP contribution in [-0.2, 0) is 11.2 Å². The number of rotatable bonds is 9. The summed E-state index contributed by atoms with van der Waals surface area (Å²) >= 11 is 1.80. The molecule has 170 valence electrons. The molecule has 1 saturated carbocycles. The van der Waals surface area contributed by atoms with Gasteiger partial charge in [0, 0.05) is 42.9 Å². The Labute approximate surface area is 194 Å². The molecule has 6 nitrogen and oxygen atoms in total. The molecule has 1 amide bonds. The number of carbonyl (C=O) groups is 1. The molecule has 4 rings (SSSR count). The Morgan fingerprint density at radius 3 is 2.56 bits per heavy atom. The van der Waals surface area contributed by atoms with Crippen molar-refractivity contribution in [3.8, 4) is 0 Å². The topological polar surface area (TPSA) is 70.2 Å². The average molecular weight is 452 g/mol. The number of nitrogens with zero attached hydrogens (tertiary/aromatic N) is 3. The van der Waals surface area contributed by atoms with Gasteiger partial charge in [0.05, 0.1) is 5.52 Å². The van der Waals surface area contributed by atoms with Gasteiger partial charge in [-0.25, -0.2) is 4.98 Å². The summed E-state index contributed by atoms with van der Waals surface area (Å²) in [6.45, 7) is 0. The van der Waals surface area contributed by atoms with Crippen molar-refractivity contribution in [2.75, 3.05) is 24.3 Å². The third-order valence-electron chi connectivity index (χ3n) is 6.09. The van der Waals surface area contributed by atoms with Crippen LogP contribution >= 0.6 is 11.3 Å². The molecular formula is C25H33N5OS. The minimum Gasteiger partial charge on any atom is -0.362 e. The van der Waals surface area contributed by atoms with Crippen LogP contribution in [0.1, 0.15) is 49.8 Å². The fourth-order valence-electron chi connectivity index (χ4n) is 4.37. The van der Waals surface area contributed by atoms with E-state index in [2.05, 4.69) is 34.2 Å². The molecule has 0 aliphatic heterocycles. The number of aromatic nitrogens is 2. The molecule has 0 unspecified atom stereocenters. The molecule has 1 aliphatic rings. The van der Waals surface area contributed by atoms with Gasteiger partial charge in [0.15, 0.2) is 0 Å². The van der Waals surface area contributed by atoms with E-state index in [0.717, 1.165) is 61.7 Å². The van der Waals surface area contributed by atoms with Crippen LogP contribution in [-0.4, -0.2) is 42.1 Å². The fraction of sp³-hybridized carbons (Fsp3) is 0.480. The van der Waals surface area contributed by atoms with Crippen molar-refractivity contribution >= 4 is 39.9 Å². The summed E-state index contributed by atoms with van der Waals surface area (Å²) in [5.74, 6) is 1.81. The number of hydrogen-bond acceptors (Lipinski definition) is 6. The first kappa shape index (κ1) is 22.5. The van der Waals surface area contributed by atoms with Gasteiger partial charge in [-0.3, -0.25) is 4.79 Å². The highest BCUT2D eigenvalue weighted by atomic mass is 32.1. The summed E-state index contributed by atoms with van der Waals surface area (Å²) in [4.78, 5) is 25.2. The number of unbranched alkanes of at least 4 members (excludes halogenated alkanes) is 1. The van der Waals surface area contributed by atoms with Gasteiger partial charge in [0.1, 0.15) is 5.82 Å². The number of nitrogens with one attached hydrogen (secondary N) is 2. The molecule has 32 heavy (non-hydrogen) atoms. The summed E-state index contributed by atoms with van der Waals surface area (Å²) in [5, 5.41) is 9.95. The number of thiophene rings is 1. The van der Waals surface area contributed by atoms with Crippen LogP contribution in [0.25, 0.3) is 10.9 Å². The maximum absolute atomic E-state index is 12.3. The molecule has 2 heterocycles. The number of carbonyl (C=O) groups excluding carboxylic acids is 1. The highest BCUT2D eigenvalue weighted by Gasteiger charge is 2.23. The van der Waals surface area contributed by atoms with Crippen LogP contribution in [0, 0.1) is 0 Å². The number of hydrogen-bond donors (Lipinski definition) is 2. The average Bonchev–Trinajstić information content (AvgIpc) is 3.31. The second kappa shape index (κ2) is 10.8. The number of aryl methyl sites for hydroxylation is 1. The number of amides is 1. The quantitative estimate of drug-likeness (QED) is 0.448. The van der Waals surface area contributed by atoms with Crippen molar-refractivity contribution in [3.05, 3.63) is 46.7 Å². The molecule has 1 aliphatic carbocycles. The normalized spacial score (nSPS) is 18.4. The molecule has 2 aromatic heterocycles. The Morgan fingerprint density at radius 2 is 1.81 bits per heavy atom. The smallest absolute Gasteiger partial charge is 0.225 e. The predicted molar refractivity (Wildman–Crippen MR) is 134 cm³/mol. The lowest BCUT2D eigenvalue weighted by molar-refractivity contribution is -0.122. The van der Waals surface area contributed by atoms with E-state index in [-0.39, 0.29) is 11.9 Å². The lowest BCUT2D eigenvalue weighted by Gasteiger charge is -2.30. The third-order valence-corrected chi connectivity index (χ3v) is 7.03. The van der Waals surface area contributed by atoms with E-state index in [4.69, 9.17) is 9.97 Å². The largest absolute Gasteiger partial charge is 0.362 e. The molecule has 0 spiro atoms. The second-order valence-corrected chi connectivity index (χ2v) is 9.86. The van der Waals surface area contributed by atoms with Gasteiger partial charge >= 0.3 is 0 Å². The van der Waals surface area contributed by atoms with Crippen LogP contribution in [0.2, 0.25) is 0 Å². The lowest BCUT2D eigenvalue weighted by atomic mass is 9.91. The van der Waals surface area contributed by atoms with Crippen LogP contribution in [0.4, 0.5) is 11.8 Å². The number of fused-ring (bicyclic) bond motifs is 1. The van der Waals surface area contributed by atoms with Crippen LogP contribution in [0.5, 0.6) is 0 Å². The summed E-state index contributed by atoms with van der Waals surface area (Å²) in [7, 11) is 4.02. The maximum atomic E-state index is 12.3. The third kappa shape index (κ3) is 5.97. The van der Waals surface area contributed by atoms with Crippen molar-refractivity contribution in [1.82, 2.24) is 15.3 Å². The SMILES string of the molecule is CN(C)c1nc(NC2CCC(NC(=O)CCCCc3cccs3)CC2)nc2ccccc12. The Morgan fingerprint density at radius 1 is 1.03 bits per heavy atom. The molecule has 0 saturated heterocycles. The first-order chi connectivity index (χ1) is 15.6. The van der Waals surface area contributed by atoms with E-state index in [0.29, 0.717) is 18.4 Å². The van der Waals surface area contributed by atoms with Crippen LogP contribution < -0.4 is 15.5 Å². The highest BCUT2D eigenvalue weighted by molar-refractivity contribution is 7.09. The monoisotopic (exact) mass is 451 g/mol. The number of anilines is 2. The zero-order chi connectivity index (χ0) is 22.3. The van der Waals surface area contributed by atoms with Crippen molar-refractivity contribution < 1.29 is 4.79 Å². The van der Waals surface area contributed by atoms with Gasteiger partial charge in [0.25, 0.3) is 0 Å². The standard InChI is InChI=1S/C25H33N5OS/c1-30(2)24-21-10-4-5-11-22(21)28-25(29-24)27-19-15-13-18(14-16-19)26-23(31)12-6-3-8-20-9-7-17-32-20/h4-5,7,9-11,17-19H,3,6,8,12-16H2,1-2H3,(H,26,31)(H,27,28,29). The molecule has 1 aromatic carbocycles. The van der Waals surface area contributed by atoms with E-state index in [1.54, 1.807) is 11.3 Å². The van der Waals surface area contributed by atoms with Gasteiger partial charge in [0.2, 0.25) is 11.9 Å². The van der Waals surface area contributed by atoms with Crippen molar-refractivity contribution in [2.45, 2.75) is 63.5 Å². The fourth-order valence-corrected chi connectivity index (χ4v) is 5.12. The minimum absolute atomic E-state index is 0.195. The number of benzene rings is 1. The molecule has 3 aromatic rings. The van der Waals surface area contributed by atoms with E-state index in [1.165, 1.54) is 4.88 Å². The Hall–Kier alpha value is -2.67. The van der Waals surface area contributed by atoms with Gasteiger partial charge in [-0.1, -0.05) is 18.2 Å². The van der Waals surface area contributed by atoms with Crippen molar-refractivity contribution in [1.29, 1.82) is 0 Å². The van der Waals surface area contributed by atoms with Crippen molar-refractivity contribution in [3.63, 3.8) is 0 Å². The summed E-state index contributed by atoms with van der Waals surface area (Å²) in [6.07, 6.45) is 7.74. The Bertz CT molecular complexity index is 1010. The van der Waals surface area contributed by atoms with E-state index >= 15 is 0 Å². The van der Waals surface area contributed by atoms with E-state index in [9.17, 15) is 4.79 Å². The molecule has 7 heteroatoms. The minimum atomic E-state index is 0.195. The predicted octanol–water partition coefficient (Wildman–Crippen LogP) is 5.01.